The Balaban J connectivity index is 1.56. The maximum atomic E-state index is 11.8. The third-order valence-corrected chi connectivity index (χ3v) is 6.99. The molecule has 4 N–H and O–H groups in total. The molecule has 0 bridgehead atoms. The number of anilines is 2. The summed E-state index contributed by atoms with van der Waals surface area (Å²) < 4.78 is 11.8. The molecule has 2 aromatic rings. The van der Waals surface area contributed by atoms with Gasteiger partial charge in [-0.1, -0.05) is 6.07 Å². The van der Waals surface area contributed by atoms with E-state index in [4.69, 9.17) is 20.2 Å². The highest BCUT2D eigenvalue weighted by Crippen LogP contribution is 2.30. The van der Waals surface area contributed by atoms with Crippen LogP contribution in [0.2, 0.25) is 0 Å². The molecule has 8 heteroatoms. The summed E-state index contributed by atoms with van der Waals surface area (Å²) in [5, 5.41) is 12.9. The molecule has 36 heavy (non-hydrogen) atoms. The van der Waals surface area contributed by atoms with Gasteiger partial charge >= 0.3 is 5.97 Å². The van der Waals surface area contributed by atoms with Gasteiger partial charge in [-0.25, -0.2) is 4.98 Å². The first-order valence-electron chi connectivity index (χ1n) is 12.6. The minimum absolute atomic E-state index is 0.198. The quantitative estimate of drug-likeness (QED) is 0.329. The normalized spacial score (nSPS) is 18.0. The van der Waals surface area contributed by atoms with E-state index in [0.717, 1.165) is 36.9 Å². The standard InChI is InChI=1S/C28H36N4O4/c1-18-13-20(28(2,3)27(33)34)15-22(14-18)32-25-16-23(7-10-30-25)36-24(17-31-21-5-4-6-21)26(29)19-8-11-35-12-9-19/h7,10,13-17,19,21H,4-6,8-9,11-12,29H2,1-3H3,(H,30,32)(H,33,34)/b26-24+,31-17?. The lowest BCUT2D eigenvalue weighted by Crippen LogP contribution is -2.28. The molecule has 2 fully saturated rings. The van der Waals surface area contributed by atoms with Gasteiger partial charge in [-0.15, -0.1) is 0 Å². The Morgan fingerprint density at radius 1 is 1.22 bits per heavy atom. The SMILES string of the molecule is Cc1cc(Nc2cc(O/C(C=NC3CCC3)=C(/N)C3CCOCC3)ccn2)cc(C(C)(C)C(=O)O)c1. The molecule has 2 aliphatic rings. The molecule has 1 aromatic carbocycles. The van der Waals surface area contributed by atoms with Gasteiger partial charge in [0.05, 0.1) is 23.4 Å². The van der Waals surface area contributed by atoms with Crippen LogP contribution in [-0.4, -0.2) is 41.5 Å². The number of hydrogen-bond acceptors (Lipinski definition) is 7. The number of ether oxygens (including phenoxy) is 2. The number of benzene rings is 1. The number of aliphatic carboxylic acids is 1. The molecule has 0 radical (unpaired) electrons. The number of carboxylic acid groups (broad SMARTS) is 1. The van der Waals surface area contributed by atoms with E-state index in [2.05, 4.69) is 10.3 Å². The zero-order valence-corrected chi connectivity index (χ0v) is 21.3. The summed E-state index contributed by atoms with van der Waals surface area (Å²) in [6.07, 6.45) is 8.58. The number of aromatic nitrogens is 1. The van der Waals surface area contributed by atoms with Crippen molar-refractivity contribution in [1.29, 1.82) is 0 Å². The minimum atomic E-state index is -1.01. The maximum Gasteiger partial charge on any atom is 0.313 e. The van der Waals surface area contributed by atoms with Crippen LogP contribution >= 0.6 is 0 Å². The third-order valence-electron chi connectivity index (χ3n) is 6.99. The van der Waals surface area contributed by atoms with E-state index in [9.17, 15) is 9.90 Å². The maximum absolute atomic E-state index is 11.8. The lowest BCUT2D eigenvalue weighted by atomic mass is 9.84. The Hall–Kier alpha value is -3.39. The first kappa shape index (κ1) is 25.7. The van der Waals surface area contributed by atoms with Gasteiger partial charge in [-0.3, -0.25) is 9.79 Å². The number of nitrogens with zero attached hydrogens (tertiary/aromatic N) is 2. The zero-order chi connectivity index (χ0) is 25.7. The number of aryl methyl sites for hydroxylation is 1. The molecule has 0 amide bonds. The second-order valence-corrected chi connectivity index (χ2v) is 10.2. The summed E-state index contributed by atoms with van der Waals surface area (Å²) in [4.78, 5) is 20.9. The third kappa shape index (κ3) is 6.23. The summed E-state index contributed by atoms with van der Waals surface area (Å²) >= 11 is 0. The van der Waals surface area contributed by atoms with Crippen molar-refractivity contribution in [2.24, 2.45) is 16.6 Å². The predicted octanol–water partition coefficient (Wildman–Crippen LogP) is 5.09. The van der Waals surface area contributed by atoms with Crippen molar-refractivity contribution in [3.63, 3.8) is 0 Å². The molecule has 8 nitrogen and oxygen atoms in total. The van der Waals surface area contributed by atoms with Crippen molar-refractivity contribution in [2.75, 3.05) is 18.5 Å². The predicted molar refractivity (Wildman–Crippen MR) is 141 cm³/mol. The van der Waals surface area contributed by atoms with Crippen LogP contribution in [0.5, 0.6) is 5.75 Å². The molecular weight excluding hydrogens is 456 g/mol. The first-order chi connectivity index (χ1) is 17.2. The minimum Gasteiger partial charge on any atom is -0.481 e. The Bertz CT molecular complexity index is 1150. The molecule has 192 valence electrons. The molecule has 1 aliphatic heterocycles. The van der Waals surface area contributed by atoms with Gasteiger partial charge in [0.1, 0.15) is 11.6 Å². The van der Waals surface area contributed by atoms with E-state index in [0.29, 0.717) is 47.8 Å². The Morgan fingerprint density at radius 3 is 2.64 bits per heavy atom. The van der Waals surface area contributed by atoms with Crippen LogP contribution in [0.15, 0.2) is 53.0 Å². The number of nitrogens with two attached hydrogens (primary N) is 1. The van der Waals surface area contributed by atoms with Crippen LogP contribution in [0.25, 0.3) is 0 Å². The number of nitrogens with one attached hydrogen (secondary N) is 1. The van der Waals surface area contributed by atoms with Gasteiger partial charge < -0.3 is 25.6 Å². The second kappa shape index (κ2) is 11.1. The van der Waals surface area contributed by atoms with E-state index in [1.54, 1.807) is 38.4 Å². The highest BCUT2D eigenvalue weighted by Gasteiger charge is 2.30. The topological polar surface area (TPSA) is 119 Å². The molecule has 0 atom stereocenters. The van der Waals surface area contributed by atoms with Crippen molar-refractivity contribution in [2.45, 2.75) is 64.3 Å². The molecule has 4 rings (SSSR count). The Kier molecular flexibility index (Phi) is 7.94. The summed E-state index contributed by atoms with van der Waals surface area (Å²) in [7, 11) is 0. The number of hydrogen-bond donors (Lipinski definition) is 3. The van der Waals surface area contributed by atoms with E-state index in [1.807, 2.05) is 25.1 Å². The van der Waals surface area contributed by atoms with Crippen molar-refractivity contribution in [3.05, 3.63) is 59.1 Å². The highest BCUT2D eigenvalue weighted by atomic mass is 16.5. The van der Waals surface area contributed by atoms with Crippen LogP contribution < -0.4 is 15.8 Å². The van der Waals surface area contributed by atoms with Crippen molar-refractivity contribution in [1.82, 2.24) is 4.98 Å². The lowest BCUT2D eigenvalue weighted by Gasteiger charge is -2.24. The number of carboxylic acids is 1. The van der Waals surface area contributed by atoms with Crippen LogP contribution in [0, 0.1) is 12.8 Å². The van der Waals surface area contributed by atoms with Gasteiger partial charge in [0.25, 0.3) is 0 Å². The number of carbonyl (C=O) groups is 1. The van der Waals surface area contributed by atoms with Crippen LogP contribution in [0.3, 0.4) is 0 Å². The fraction of sp³-hybridized carbons (Fsp3) is 0.464. The number of rotatable bonds is 9. The van der Waals surface area contributed by atoms with E-state index in [1.165, 1.54) is 6.42 Å². The molecule has 0 unspecified atom stereocenters. The largest absolute Gasteiger partial charge is 0.481 e. The number of allylic oxidation sites excluding steroid dienone is 2. The average Bonchev–Trinajstić information content (AvgIpc) is 2.82. The molecule has 1 saturated heterocycles. The van der Waals surface area contributed by atoms with Crippen molar-refractivity contribution >= 4 is 23.7 Å². The fourth-order valence-corrected chi connectivity index (χ4v) is 4.24. The van der Waals surface area contributed by atoms with Crippen LogP contribution in [0.4, 0.5) is 11.5 Å². The second-order valence-electron chi connectivity index (χ2n) is 10.2. The van der Waals surface area contributed by atoms with Gasteiger partial charge in [0, 0.05) is 37.1 Å². The van der Waals surface area contributed by atoms with Gasteiger partial charge in [0.2, 0.25) is 0 Å². The zero-order valence-electron chi connectivity index (χ0n) is 21.3. The lowest BCUT2D eigenvalue weighted by molar-refractivity contribution is -0.142. The fourth-order valence-electron chi connectivity index (χ4n) is 4.24. The smallest absolute Gasteiger partial charge is 0.313 e. The Morgan fingerprint density at radius 2 is 1.97 bits per heavy atom. The average molecular weight is 493 g/mol. The summed E-state index contributed by atoms with van der Waals surface area (Å²) in [6, 6.07) is 9.62. The van der Waals surface area contributed by atoms with E-state index < -0.39 is 11.4 Å². The molecule has 2 heterocycles. The monoisotopic (exact) mass is 492 g/mol. The molecule has 1 aliphatic carbocycles. The number of aliphatic imine (C=N–C) groups is 1. The van der Waals surface area contributed by atoms with E-state index >= 15 is 0 Å². The van der Waals surface area contributed by atoms with E-state index in [-0.39, 0.29) is 5.92 Å². The van der Waals surface area contributed by atoms with Gasteiger partial charge in [0.15, 0.2) is 5.76 Å². The first-order valence-corrected chi connectivity index (χ1v) is 12.6. The highest BCUT2D eigenvalue weighted by molar-refractivity contribution is 5.81. The van der Waals surface area contributed by atoms with Crippen molar-refractivity contribution in [3.8, 4) is 5.75 Å². The van der Waals surface area contributed by atoms with Crippen LogP contribution in [0.1, 0.15) is 57.1 Å². The van der Waals surface area contributed by atoms with Crippen LogP contribution in [-0.2, 0) is 14.9 Å². The van der Waals surface area contributed by atoms with Gasteiger partial charge in [-0.2, -0.15) is 0 Å². The summed E-state index contributed by atoms with van der Waals surface area (Å²) in [6.45, 7) is 6.72. The molecular formula is C28H36N4O4. The molecule has 1 saturated carbocycles. The molecule has 1 aromatic heterocycles. The summed E-state index contributed by atoms with van der Waals surface area (Å²) in [5.74, 6) is 1.07. The Labute approximate surface area is 212 Å². The van der Waals surface area contributed by atoms with Gasteiger partial charge in [-0.05, 0) is 82.2 Å². The van der Waals surface area contributed by atoms with Crippen molar-refractivity contribution < 1.29 is 19.4 Å². The molecule has 0 spiro atoms. The summed E-state index contributed by atoms with van der Waals surface area (Å²) in [5.41, 5.74) is 8.69. The number of pyridine rings is 1.